The molecule has 2 amide bonds. The van der Waals surface area contributed by atoms with Gasteiger partial charge in [0.15, 0.2) is 10.9 Å². The molecule has 7 nitrogen and oxygen atoms in total. The molecule has 0 saturated heterocycles. The first kappa shape index (κ1) is 21.3. The number of nitrogens with zero attached hydrogens (tertiary/aromatic N) is 1. The molecule has 162 valence electrons. The summed E-state index contributed by atoms with van der Waals surface area (Å²) in [5.74, 6) is 1.50. The molecule has 0 spiro atoms. The minimum Gasteiger partial charge on any atom is -0.489 e. The fourth-order valence-corrected chi connectivity index (χ4v) is 3.57. The number of aromatic nitrogens is 1. The smallest absolute Gasteiger partial charge is 0.257 e. The molecule has 2 N–H and O–H groups in total. The van der Waals surface area contributed by atoms with Gasteiger partial charge in [-0.1, -0.05) is 30.3 Å². The topological polar surface area (TPSA) is 93.5 Å². The van der Waals surface area contributed by atoms with E-state index in [9.17, 15) is 9.59 Å². The number of anilines is 1. The number of carbonyl (C=O) groups is 2. The Balaban J connectivity index is 1.33. The van der Waals surface area contributed by atoms with Crippen molar-refractivity contribution in [2.45, 2.75) is 20.1 Å². The second kappa shape index (κ2) is 9.93. The number of hydrogen-bond acceptors (Lipinski definition) is 6. The standard InChI is InChI=1S/C24H21N3O4S/c1-16(28)25-13-20-11-12-22(31-20)21-15-32-24(26-21)27-23(29)18-7-9-19(10-8-18)30-14-17-5-3-2-4-6-17/h2-12,15H,13-14H2,1H3,(H,25,28)(H,26,27,29). The molecule has 4 aromatic rings. The number of benzene rings is 2. The summed E-state index contributed by atoms with van der Waals surface area (Å²) in [5, 5.41) is 7.75. The van der Waals surface area contributed by atoms with E-state index in [1.54, 1.807) is 41.8 Å². The van der Waals surface area contributed by atoms with Crippen molar-refractivity contribution in [3.8, 4) is 17.2 Å². The Bertz CT molecular complexity index is 1200. The third kappa shape index (κ3) is 5.61. The van der Waals surface area contributed by atoms with Gasteiger partial charge in [0.05, 0.1) is 6.54 Å². The monoisotopic (exact) mass is 447 g/mol. The Morgan fingerprint density at radius 1 is 1.03 bits per heavy atom. The molecule has 4 rings (SSSR count). The van der Waals surface area contributed by atoms with Crippen LogP contribution in [0.5, 0.6) is 5.75 Å². The predicted molar refractivity (Wildman–Crippen MR) is 123 cm³/mol. The molecule has 2 aromatic carbocycles. The van der Waals surface area contributed by atoms with Crippen LogP contribution in [0, 0.1) is 0 Å². The van der Waals surface area contributed by atoms with Gasteiger partial charge in [-0.15, -0.1) is 11.3 Å². The summed E-state index contributed by atoms with van der Waals surface area (Å²) >= 11 is 1.31. The number of carbonyl (C=O) groups excluding carboxylic acids is 2. The Kier molecular flexibility index (Phi) is 6.62. The van der Waals surface area contributed by atoms with Crippen LogP contribution in [0.25, 0.3) is 11.5 Å². The fraction of sp³-hybridized carbons (Fsp3) is 0.125. The highest BCUT2D eigenvalue weighted by Crippen LogP contribution is 2.27. The highest BCUT2D eigenvalue weighted by atomic mass is 32.1. The molecule has 0 aliphatic rings. The normalized spacial score (nSPS) is 10.5. The van der Waals surface area contributed by atoms with Crippen LogP contribution in [0.15, 0.2) is 76.5 Å². The molecule has 0 fully saturated rings. The average Bonchev–Trinajstić information content (AvgIpc) is 3.47. The highest BCUT2D eigenvalue weighted by molar-refractivity contribution is 7.14. The molecule has 0 unspecified atom stereocenters. The van der Waals surface area contributed by atoms with Crippen molar-refractivity contribution in [1.29, 1.82) is 0 Å². The lowest BCUT2D eigenvalue weighted by Crippen LogP contribution is -2.18. The number of rotatable bonds is 8. The molecule has 0 aliphatic heterocycles. The van der Waals surface area contributed by atoms with Crippen molar-refractivity contribution >= 4 is 28.3 Å². The third-order valence-electron chi connectivity index (χ3n) is 4.52. The zero-order valence-corrected chi connectivity index (χ0v) is 18.1. The predicted octanol–water partition coefficient (Wildman–Crippen LogP) is 4.87. The van der Waals surface area contributed by atoms with Crippen LogP contribution in [0.3, 0.4) is 0 Å². The van der Waals surface area contributed by atoms with Crippen molar-refractivity contribution in [1.82, 2.24) is 10.3 Å². The quantitative estimate of drug-likeness (QED) is 0.402. The Hall–Kier alpha value is -3.91. The molecule has 32 heavy (non-hydrogen) atoms. The summed E-state index contributed by atoms with van der Waals surface area (Å²) in [7, 11) is 0. The first-order chi connectivity index (χ1) is 15.6. The van der Waals surface area contributed by atoms with Crippen LogP contribution in [-0.2, 0) is 17.9 Å². The first-order valence-electron chi connectivity index (χ1n) is 9.94. The SMILES string of the molecule is CC(=O)NCc1ccc(-c2csc(NC(=O)c3ccc(OCc4ccccc4)cc3)n2)o1. The van der Waals surface area contributed by atoms with E-state index < -0.39 is 0 Å². The summed E-state index contributed by atoms with van der Waals surface area (Å²) in [5.41, 5.74) is 2.20. The van der Waals surface area contributed by atoms with Crippen molar-refractivity contribution in [2.75, 3.05) is 5.32 Å². The highest BCUT2D eigenvalue weighted by Gasteiger charge is 2.13. The second-order valence-electron chi connectivity index (χ2n) is 6.97. The van der Waals surface area contributed by atoms with E-state index >= 15 is 0 Å². The van der Waals surface area contributed by atoms with Gasteiger partial charge in [-0.05, 0) is 42.0 Å². The lowest BCUT2D eigenvalue weighted by atomic mass is 10.2. The Labute approximate surface area is 189 Å². The largest absolute Gasteiger partial charge is 0.489 e. The van der Waals surface area contributed by atoms with Gasteiger partial charge < -0.3 is 14.5 Å². The maximum atomic E-state index is 12.6. The Morgan fingerprint density at radius 2 is 1.81 bits per heavy atom. The van der Waals surface area contributed by atoms with Crippen LogP contribution in [0.1, 0.15) is 28.6 Å². The van der Waals surface area contributed by atoms with E-state index in [0.717, 1.165) is 5.56 Å². The number of thiazole rings is 1. The second-order valence-corrected chi connectivity index (χ2v) is 7.82. The number of furan rings is 1. The van der Waals surface area contributed by atoms with Gasteiger partial charge in [0.1, 0.15) is 23.8 Å². The van der Waals surface area contributed by atoms with E-state index in [4.69, 9.17) is 9.15 Å². The molecule has 2 heterocycles. The number of ether oxygens (including phenoxy) is 1. The first-order valence-corrected chi connectivity index (χ1v) is 10.8. The van der Waals surface area contributed by atoms with E-state index in [1.165, 1.54) is 18.3 Å². The molecule has 0 saturated carbocycles. The summed E-state index contributed by atoms with van der Waals surface area (Å²) in [6.07, 6.45) is 0. The van der Waals surface area contributed by atoms with Crippen molar-refractivity contribution in [2.24, 2.45) is 0 Å². The molecule has 2 aromatic heterocycles. The van der Waals surface area contributed by atoms with Crippen LogP contribution in [-0.4, -0.2) is 16.8 Å². The van der Waals surface area contributed by atoms with Crippen molar-refractivity contribution < 1.29 is 18.7 Å². The van der Waals surface area contributed by atoms with Gasteiger partial charge in [-0.2, -0.15) is 0 Å². The maximum Gasteiger partial charge on any atom is 0.257 e. The third-order valence-corrected chi connectivity index (χ3v) is 5.27. The lowest BCUT2D eigenvalue weighted by Gasteiger charge is -2.07. The molecule has 0 atom stereocenters. The van der Waals surface area contributed by atoms with E-state index in [-0.39, 0.29) is 11.8 Å². The summed E-state index contributed by atoms with van der Waals surface area (Å²) in [4.78, 5) is 28.0. The molecule has 0 aliphatic carbocycles. The maximum absolute atomic E-state index is 12.6. The molecular formula is C24H21N3O4S. The van der Waals surface area contributed by atoms with E-state index in [0.29, 0.717) is 46.8 Å². The number of amides is 2. The van der Waals surface area contributed by atoms with Crippen LogP contribution in [0.4, 0.5) is 5.13 Å². The van der Waals surface area contributed by atoms with E-state index in [2.05, 4.69) is 15.6 Å². The minimum atomic E-state index is -0.258. The minimum absolute atomic E-state index is 0.127. The molecular weight excluding hydrogens is 426 g/mol. The average molecular weight is 448 g/mol. The summed E-state index contributed by atoms with van der Waals surface area (Å²) in [6, 6.07) is 20.4. The van der Waals surface area contributed by atoms with Gasteiger partial charge in [0.25, 0.3) is 5.91 Å². The summed E-state index contributed by atoms with van der Waals surface area (Å²) < 4.78 is 11.4. The van der Waals surface area contributed by atoms with Gasteiger partial charge in [-0.25, -0.2) is 4.98 Å². The van der Waals surface area contributed by atoms with Gasteiger partial charge in [0, 0.05) is 17.9 Å². The Morgan fingerprint density at radius 3 is 2.56 bits per heavy atom. The van der Waals surface area contributed by atoms with Gasteiger partial charge >= 0.3 is 0 Å². The summed E-state index contributed by atoms with van der Waals surface area (Å²) in [6.45, 7) is 2.23. The molecule has 0 radical (unpaired) electrons. The molecule has 8 heteroatoms. The number of hydrogen-bond donors (Lipinski definition) is 2. The number of nitrogens with one attached hydrogen (secondary N) is 2. The van der Waals surface area contributed by atoms with Gasteiger partial charge in [0.2, 0.25) is 5.91 Å². The zero-order valence-electron chi connectivity index (χ0n) is 17.3. The zero-order chi connectivity index (χ0) is 22.3. The molecule has 0 bridgehead atoms. The van der Waals surface area contributed by atoms with E-state index in [1.807, 2.05) is 30.3 Å². The van der Waals surface area contributed by atoms with Crippen LogP contribution >= 0.6 is 11.3 Å². The van der Waals surface area contributed by atoms with Crippen LogP contribution < -0.4 is 15.4 Å². The van der Waals surface area contributed by atoms with Crippen molar-refractivity contribution in [3.05, 3.63) is 89.0 Å². The fourth-order valence-electron chi connectivity index (χ4n) is 2.88. The lowest BCUT2D eigenvalue weighted by molar-refractivity contribution is -0.119. The van der Waals surface area contributed by atoms with Crippen molar-refractivity contribution in [3.63, 3.8) is 0 Å². The van der Waals surface area contributed by atoms with Crippen LogP contribution in [0.2, 0.25) is 0 Å². The van der Waals surface area contributed by atoms with Gasteiger partial charge in [-0.3, -0.25) is 14.9 Å².